The molecule has 0 aliphatic heterocycles. The number of carbonyl (C=O) groups excluding carboxylic acids is 1. The maximum absolute atomic E-state index is 13.2. The van der Waals surface area contributed by atoms with E-state index in [2.05, 4.69) is 15.4 Å². The van der Waals surface area contributed by atoms with Crippen LogP contribution >= 0.6 is 0 Å². The number of hydrogen-bond acceptors (Lipinski definition) is 6. The predicted octanol–water partition coefficient (Wildman–Crippen LogP) is 4.84. The Morgan fingerprint density at radius 1 is 1.17 bits per heavy atom. The Balaban J connectivity index is 1.72. The summed E-state index contributed by atoms with van der Waals surface area (Å²) in [5.74, 6) is -2.16. The lowest BCUT2D eigenvalue weighted by molar-refractivity contribution is -0.385. The molecule has 2 N–H and O–H groups in total. The summed E-state index contributed by atoms with van der Waals surface area (Å²) >= 11 is 0. The monoisotopic (exact) mass is 499 g/mol. The fraction of sp³-hybridized carbons (Fsp3) is 0.130. The average Bonchev–Trinajstić information content (AvgIpc) is 3.22. The molecule has 0 spiro atoms. The van der Waals surface area contributed by atoms with Crippen molar-refractivity contribution < 1.29 is 32.8 Å². The van der Waals surface area contributed by atoms with Crippen LogP contribution in [0.15, 0.2) is 54.7 Å². The third-order valence-electron chi connectivity index (χ3n) is 5.27. The van der Waals surface area contributed by atoms with Crippen molar-refractivity contribution >= 4 is 28.9 Å². The number of aromatic nitrogens is 3. The Morgan fingerprint density at radius 3 is 2.56 bits per heavy atom. The van der Waals surface area contributed by atoms with Gasteiger partial charge in [0.15, 0.2) is 5.65 Å². The van der Waals surface area contributed by atoms with Gasteiger partial charge in [-0.3, -0.25) is 14.9 Å². The number of fused-ring (bicyclic) bond motifs is 1. The SMILES string of the molecule is CCc1nn2c(-c3cccc(NC(=O)c4cc([N+](=O)[O-])cc(C(F)(F)F)c4)c3)ccnc2c1C(=O)O. The van der Waals surface area contributed by atoms with Crippen LogP contribution in [0.25, 0.3) is 16.9 Å². The number of nitrogens with one attached hydrogen (secondary N) is 1. The van der Waals surface area contributed by atoms with E-state index in [1.807, 2.05) is 0 Å². The molecule has 10 nitrogen and oxygen atoms in total. The molecule has 0 saturated heterocycles. The van der Waals surface area contributed by atoms with Gasteiger partial charge >= 0.3 is 12.1 Å². The van der Waals surface area contributed by atoms with Crippen LogP contribution in [0.2, 0.25) is 0 Å². The number of aromatic carboxylic acids is 1. The number of nitro benzene ring substituents is 1. The van der Waals surface area contributed by atoms with Crippen LogP contribution in [0, 0.1) is 10.1 Å². The summed E-state index contributed by atoms with van der Waals surface area (Å²) in [6, 6.07) is 9.43. The van der Waals surface area contributed by atoms with Crippen molar-refractivity contribution in [2.45, 2.75) is 19.5 Å². The molecule has 0 saturated carbocycles. The highest BCUT2D eigenvalue weighted by atomic mass is 19.4. The maximum atomic E-state index is 13.2. The molecule has 0 aliphatic carbocycles. The second kappa shape index (κ2) is 9.09. The van der Waals surface area contributed by atoms with Gasteiger partial charge in [-0.05, 0) is 30.7 Å². The van der Waals surface area contributed by atoms with E-state index >= 15 is 0 Å². The Bertz CT molecular complexity index is 1530. The molecule has 1 amide bonds. The zero-order valence-electron chi connectivity index (χ0n) is 18.4. The molecule has 2 aromatic heterocycles. The quantitative estimate of drug-likeness (QED) is 0.286. The summed E-state index contributed by atoms with van der Waals surface area (Å²) in [5.41, 5.74) is -1.18. The molecule has 0 aliphatic rings. The van der Waals surface area contributed by atoms with Gasteiger partial charge in [-0.2, -0.15) is 18.3 Å². The third kappa shape index (κ3) is 4.58. The number of carboxylic acid groups (broad SMARTS) is 1. The van der Waals surface area contributed by atoms with Gasteiger partial charge in [0.2, 0.25) is 0 Å². The van der Waals surface area contributed by atoms with Crippen LogP contribution in [-0.2, 0) is 12.6 Å². The molecule has 2 aromatic carbocycles. The zero-order valence-corrected chi connectivity index (χ0v) is 18.4. The average molecular weight is 499 g/mol. The zero-order chi connectivity index (χ0) is 26.2. The van der Waals surface area contributed by atoms with Crippen LogP contribution in [-0.4, -0.2) is 36.5 Å². The number of alkyl halides is 3. The first kappa shape index (κ1) is 24.3. The van der Waals surface area contributed by atoms with Gasteiger partial charge in [-0.15, -0.1) is 0 Å². The lowest BCUT2D eigenvalue weighted by Gasteiger charge is -2.11. The van der Waals surface area contributed by atoms with E-state index in [-0.39, 0.29) is 16.9 Å². The number of anilines is 1. The van der Waals surface area contributed by atoms with E-state index in [4.69, 9.17) is 0 Å². The first-order chi connectivity index (χ1) is 17.0. The van der Waals surface area contributed by atoms with Crippen LogP contribution in [0.5, 0.6) is 0 Å². The Morgan fingerprint density at radius 2 is 1.92 bits per heavy atom. The van der Waals surface area contributed by atoms with Gasteiger partial charge < -0.3 is 10.4 Å². The fourth-order valence-corrected chi connectivity index (χ4v) is 3.65. The normalized spacial score (nSPS) is 11.4. The van der Waals surface area contributed by atoms with Gasteiger partial charge in [0.05, 0.1) is 21.9 Å². The van der Waals surface area contributed by atoms with Gasteiger partial charge in [0, 0.05) is 35.1 Å². The second-order valence-corrected chi connectivity index (χ2v) is 7.60. The molecule has 2 heterocycles. The molecular weight excluding hydrogens is 483 g/mol. The molecule has 0 fully saturated rings. The Kier molecular flexibility index (Phi) is 6.14. The van der Waals surface area contributed by atoms with Crippen molar-refractivity contribution in [2.75, 3.05) is 5.32 Å². The highest BCUT2D eigenvalue weighted by molar-refractivity contribution is 6.05. The number of benzene rings is 2. The summed E-state index contributed by atoms with van der Waals surface area (Å²) in [6.07, 6.45) is -3.13. The van der Waals surface area contributed by atoms with E-state index in [0.717, 1.165) is 6.07 Å². The number of non-ortho nitro benzene ring substituents is 1. The number of carbonyl (C=O) groups is 2. The topological polar surface area (TPSA) is 140 Å². The van der Waals surface area contributed by atoms with E-state index in [1.165, 1.54) is 22.8 Å². The number of aryl methyl sites for hydroxylation is 1. The number of halogens is 3. The molecule has 36 heavy (non-hydrogen) atoms. The lowest BCUT2D eigenvalue weighted by Crippen LogP contribution is -2.15. The van der Waals surface area contributed by atoms with Crippen LogP contribution in [0.3, 0.4) is 0 Å². The van der Waals surface area contributed by atoms with Crippen molar-refractivity contribution in [2.24, 2.45) is 0 Å². The van der Waals surface area contributed by atoms with Crippen LogP contribution in [0.4, 0.5) is 24.5 Å². The highest BCUT2D eigenvalue weighted by Gasteiger charge is 2.33. The summed E-state index contributed by atoms with van der Waals surface area (Å²) in [4.78, 5) is 38.6. The Hall–Kier alpha value is -4.81. The first-order valence-corrected chi connectivity index (χ1v) is 10.4. The number of rotatable bonds is 6. The third-order valence-corrected chi connectivity index (χ3v) is 5.27. The lowest BCUT2D eigenvalue weighted by atomic mass is 10.1. The number of hydrogen-bond donors (Lipinski definition) is 2. The van der Waals surface area contributed by atoms with Gasteiger partial charge in [0.25, 0.3) is 11.6 Å². The number of nitrogens with zero attached hydrogens (tertiary/aromatic N) is 4. The Labute approximate surface area is 200 Å². The van der Waals surface area contributed by atoms with E-state index < -0.39 is 39.8 Å². The maximum Gasteiger partial charge on any atom is 0.416 e. The molecular formula is C23H16F3N5O5. The minimum Gasteiger partial charge on any atom is -0.477 e. The molecule has 4 rings (SSSR count). The van der Waals surface area contributed by atoms with Crippen LogP contribution in [0.1, 0.15) is 38.9 Å². The largest absolute Gasteiger partial charge is 0.477 e. The molecule has 4 aromatic rings. The molecule has 13 heteroatoms. The van der Waals surface area contributed by atoms with Crippen molar-refractivity contribution in [3.63, 3.8) is 0 Å². The van der Waals surface area contributed by atoms with E-state index in [0.29, 0.717) is 35.5 Å². The first-order valence-electron chi connectivity index (χ1n) is 10.4. The fourth-order valence-electron chi connectivity index (χ4n) is 3.65. The number of amides is 1. The molecule has 184 valence electrons. The summed E-state index contributed by atoms with van der Waals surface area (Å²) in [6.45, 7) is 1.75. The second-order valence-electron chi connectivity index (χ2n) is 7.60. The van der Waals surface area contributed by atoms with Crippen molar-refractivity contribution in [3.8, 4) is 11.3 Å². The van der Waals surface area contributed by atoms with Crippen molar-refractivity contribution in [3.05, 3.63) is 87.2 Å². The van der Waals surface area contributed by atoms with E-state index in [1.54, 1.807) is 25.1 Å². The number of carboxylic acids is 1. The standard InChI is InChI=1S/C23H16F3N5O5/c1-2-17-19(22(33)34)20-27-7-6-18(30(20)29-17)12-4-3-5-15(9-12)28-21(32)13-8-14(23(24,25)26)11-16(10-13)31(35)36/h3-11H,2H2,1H3,(H,28,32)(H,33,34). The summed E-state index contributed by atoms with van der Waals surface area (Å²) < 4.78 is 40.9. The smallest absolute Gasteiger partial charge is 0.416 e. The van der Waals surface area contributed by atoms with Crippen LogP contribution < -0.4 is 5.32 Å². The minimum atomic E-state index is -4.89. The minimum absolute atomic E-state index is 0.0325. The van der Waals surface area contributed by atoms with Crippen molar-refractivity contribution in [1.82, 2.24) is 14.6 Å². The van der Waals surface area contributed by atoms with Gasteiger partial charge in [0.1, 0.15) is 5.56 Å². The molecule has 0 atom stereocenters. The number of nitro groups is 1. The summed E-state index contributed by atoms with van der Waals surface area (Å²) in [5, 5.41) is 27.4. The highest BCUT2D eigenvalue weighted by Crippen LogP contribution is 2.33. The molecule has 0 bridgehead atoms. The summed E-state index contributed by atoms with van der Waals surface area (Å²) in [7, 11) is 0. The van der Waals surface area contributed by atoms with E-state index in [9.17, 15) is 38.0 Å². The molecule has 0 unspecified atom stereocenters. The molecule has 0 radical (unpaired) electrons. The predicted molar refractivity (Wildman–Crippen MR) is 121 cm³/mol. The van der Waals surface area contributed by atoms with Crippen molar-refractivity contribution in [1.29, 1.82) is 0 Å². The van der Waals surface area contributed by atoms with Gasteiger partial charge in [-0.1, -0.05) is 19.1 Å². The van der Waals surface area contributed by atoms with Gasteiger partial charge in [-0.25, -0.2) is 14.3 Å².